The molecule has 1 aromatic heterocycles. The Hall–Kier alpha value is -2.88. The van der Waals surface area contributed by atoms with Crippen molar-refractivity contribution in [3.63, 3.8) is 0 Å². The average Bonchev–Trinajstić information content (AvgIpc) is 2.61. The number of amides is 1. The summed E-state index contributed by atoms with van der Waals surface area (Å²) in [5.74, 6) is 0.104. The number of carbonyl (C=O) groups excluding carboxylic acids is 1. The third-order valence-electron chi connectivity index (χ3n) is 4.66. The molecule has 0 N–H and O–H groups in total. The first-order chi connectivity index (χ1) is 11.6. The third kappa shape index (κ3) is 2.31. The van der Waals surface area contributed by atoms with Crippen molar-refractivity contribution in [1.82, 2.24) is 0 Å². The fourth-order valence-corrected chi connectivity index (χ4v) is 3.32. The Balaban J connectivity index is 1.81. The zero-order valence-electron chi connectivity index (χ0n) is 13.4. The summed E-state index contributed by atoms with van der Waals surface area (Å²) < 4.78 is 5.31. The molecule has 0 saturated heterocycles. The van der Waals surface area contributed by atoms with Crippen molar-refractivity contribution in [1.29, 1.82) is 0 Å². The Morgan fingerprint density at radius 1 is 1.12 bits per heavy atom. The van der Waals surface area contributed by atoms with E-state index in [4.69, 9.17) is 4.42 Å². The number of anilines is 1. The van der Waals surface area contributed by atoms with Crippen molar-refractivity contribution in [2.24, 2.45) is 0 Å². The van der Waals surface area contributed by atoms with Crippen molar-refractivity contribution >= 4 is 22.6 Å². The Morgan fingerprint density at radius 3 is 2.75 bits per heavy atom. The van der Waals surface area contributed by atoms with E-state index < -0.39 is 5.63 Å². The number of benzene rings is 2. The number of hydrogen-bond acceptors (Lipinski definition) is 3. The van der Waals surface area contributed by atoms with Gasteiger partial charge in [0.2, 0.25) is 0 Å². The predicted octanol–water partition coefficient (Wildman–Crippen LogP) is 3.95. The van der Waals surface area contributed by atoms with E-state index in [1.54, 1.807) is 23.1 Å². The van der Waals surface area contributed by atoms with Crippen molar-refractivity contribution in [3.8, 4) is 0 Å². The van der Waals surface area contributed by atoms with E-state index >= 15 is 0 Å². The minimum Gasteiger partial charge on any atom is -0.422 e. The van der Waals surface area contributed by atoms with E-state index in [-0.39, 0.29) is 11.5 Å². The maximum Gasteiger partial charge on any atom is 0.349 e. The van der Waals surface area contributed by atoms with Gasteiger partial charge in [0.25, 0.3) is 5.91 Å². The molecule has 0 saturated carbocycles. The molecule has 4 nitrogen and oxygen atoms in total. The smallest absolute Gasteiger partial charge is 0.349 e. The highest BCUT2D eigenvalue weighted by atomic mass is 16.4. The van der Waals surface area contributed by atoms with Gasteiger partial charge in [0.05, 0.1) is 0 Å². The summed E-state index contributed by atoms with van der Waals surface area (Å²) in [5.41, 5.74) is 2.01. The summed E-state index contributed by atoms with van der Waals surface area (Å²) >= 11 is 0. The second-order valence-electron chi connectivity index (χ2n) is 6.19. The van der Waals surface area contributed by atoms with Crippen molar-refractivity contribution in [3.05, 3.63) is 76.1 Å². The molecule has 1 unspecified atom stereocenters. The topological polar surface area (TPSA) is 50.5 Å². The minimum absolute atomic E-state index is 0.0815. The second-order valence-corrected chi connectivity index (χ2v) is 6.19. The van der Waals surface area contributed by atoms with Gasteiger partial charge in [0.1, 0.15) is 11.1 Å². The van der Waals surface area contributed by atoms with E-state index in [0.717, 1.165) is 23.1 Å². The number of nitrogens with zero attached hydrogens (tertiary/aromatic N) is 1. The predicted molar refractivity (Wildman–Crippen MR) is 93.6 cm³/mol. The van der Waals surface area contributed by atoms with Gasteiger partial charge in [-0.2, -0.15) is 0 Å². The fraction of sp³-hybridized carbons (Fsp3) is 0.200. The molecule has 1 aliphatic rings. The number of para-hydroxylation sites is 2. The number of carbonyl (C=O) groups is 1. The molecule has 1 atom stereocenters. The van der Waals surface area contributed by atoms with Crippen LogP contribution in [0.1, 0.15) is 35.2 Å². The van der Waals surface area contributed by atoms with Gasteiger partial charge < -0.3 is 9.32 Å². The molecule has 0 spiro atoms. The van der Waals surface area contributed by atoms with E-state index in [0.29, 0.717) is 18.0 Å². The third-order valence-corrected chi connectivity index (χ3v) is 4.66. The molecule has 1 amide bonds. The number of fused-ring (bicyclic) bond motifs is 2. The lowest BCUT2D eigenvalue weighted by Crippen LogP contribution is -2.38. The highest BCUT2D eigenvalue weighted by molar-refractivity contribution is 6.07. The zero-order valence-corrected chi connectivity index (χ0v) is 13.4. The molecule has 4 heteroatoms. The molecular weight excluding hydrogens is 302 g/mol. The standard InChI is InChI=1S/C20H17NO3/c1-13-10-11-21(17-8-4-3-7-15(13)17)19(22)16-12-14-6-2-5-9-18(14)24-20(16)23/h2-9,12-13H,10-11H2,1H3. The van der Waals surface area contributed by atoms with Crippen LogP contribution in [0.5, 0.6) is 0 Å². The molecule has 2 aromatic carbocycles. The lowest BCUT2D eigenvalue weighted by atomic mass is 9.91. The summed E-state index contributed by atoms with van der Waals surface area (Å²) in [5, 5.41) is 0.749. The molecule has 120 valence electrons. The van der Waals surface area contributed by atoms with E-state index in [1.807, 2.05) is 36.4 Å². The quantitative estimate of drug-likeness (QED) is 0.638. The van der Waals surface area contributed by atoms with Crippen molar-refractivity contribution < 1.29 is 9.21 Å². The molecule has 0 radical (unpaired) electrons. The van der Waals surface area contributed by atoms with Crippen LogP contribution in [0.3, 0.4) is 0 Å². The molecule has 0 fully saturated rings. The van der Waals surface area contributed by atoms with Crippen LogP contribution in [0.4, 0.5) is 5.69 Å². The first-order valence-corrected chi connectivity index (χ1v) is 8.09. The van der Waals surface area contributed by atoms with Crippen LogP contribution in [0.25, 0.3) is 11.0 Å². The van der Waals surface area contributed by atoms with Crippen LogP contribution in [0, 0.1) is 0 Å². The Bertz CT molecular complexity index is 989. The average molecular weight is 319 g/mol. The largest absolute Gasteiger partial charge is 0.422 e. The maximum absolute atomic E-state index is 13.0. The Kier molecular flexibility index (Phi) is 3.45. The highest BCUT2D eigenvalue weighted by Crippen LogP contribution is 2.35. The lowest BCUT2D eigenvalue weighted by molar-refractivity contribution is 0.0981. The van der Waals surface area contributed by atoms with Crippen molar-refractivity contribution in [2.75, 3.05) is 11.4 Å². The molecule has 2 heterocycles. The van der Waals surface area contributed by atoms with Crippen LogP contribution >= 0.6 is 0 Å². The second kappa shape index (κ2) is 5.64. The number of rotatable bonds is 1. The van der Waals surface area contributed by atoms with Crippen LogP contribution in [0.15, 0.2) is 63.8 Å². The van der Waals surface area contributed by atoms with Crippen LogP contribution in [-0.2, 0) is 0 Å². The van der Waals surface area contributed by atoms with Gasteiger partial charge in [0.15, 0.2) is 0 Å². The monoisotopic (exact) mass is 319 g/mol. The molecular formula is C20H17NO3. The maximum atomic E-state index is 13.0. The molecule has 0 bridgehead atoms. The van der Waals surface area contributed by atoms with Gasteiger partial charge in [-0.25, -0.2) is 4.79 Å². The lowest BCUT2D eigenvalue weighted by Gasteiger charge is -2.32. The van der Waals surface area contributed by atoms with Gasteiger partial charge in [-0.05, 0) is 36.1 Å². The highest BCUT2D eigenvalue weighted by Gasteiger charge is 2.28. The summed E-state index contributed by atoms with van der Waals surface area (Å²) in [6.45, 7) is 2.76. The number of hydrogen-bond donors (Lipinski definition) is 0. The first-order valence-electron chi connectivity index (χ1n) is 8.09. The van der Waals surface area contributed by atoms with Crippen LogP contribution in [-0.4, -0.2) is 12.5 Å². The molecule has 1 aliphatic heterocycles. The summed E-state index contributed by atoms with van der Waals surface area (Å²) in [4.78, 5) is 27.0. The molecule has 3 aromatic rings. The van der Waals surface area contributed by atoms with Gasteiger partial charge in [-0.3, -0.25) is 4.79 Å². The van der Waals surface area contributed by atoms with Gasteiger partial charge in [-0.1, -0.05) is 43.3 Å². The Labute approximate surface area is 139 Å². The summed E-state index contributed by atoms with van der Waals surface area (Å²) in [7, 11) is 0. The normalized spacial score (nSPS) is 16.9. The van der Waals surface area contributed by atoms with E-state index in [1.165, 1.54) is 0 Å². The SMILES string of the molecule is CC1CCN(C(=O)c2cc3ccccc3oc2=O)c2ccccc21. The summed E-state index contributed by atoms with van der Waals surface area (Å²) in [6, 6.07) is 16.7. The van der Waals surface area contributed by atoms with E-state index in [9.17, 15) is 9.59 Å². The van der Waals surface area contributed by atoms with E-state index in [2.05, 4.69) is 6.92 Å². The summed E-state index contributed by atoms with van der Waals surface area (Å²) in [6.07, 6.45) is 0.877. The molecule has 0 aliphatic carbocycles. The van der Waals surface area contributed by atoms with Gasteiger partial charge >= 0.3 is 5.63 Å². The zero-order chi connectivity index (χ0) is 16.7. The van der Waals surface area contributed by atoms with Gasteiger partial charge in [0, 0.05) is 17.6 Å². The van der Waals surface area contributed by atoms with Gasteiger partial charge in [-0.15, -0.1) is 0 Å². The Morgan fingerprint density at radius 2 is 1.88 bits per heavy atom. The van der Waals surface area contributed by atoms with Crippen molar-refractivity contribution in [2.45, 2.75) is 19.3 Å². The minimum atomic E-state index is -0.588. The van der Waals surface area contributed by atoms with Crippen LogP contribution in [0.2, 0.25) is 0 Å². The fourth-order valence-electron chi connectivity index (χ4n) is 3.32. The molecule has 4 rings (SSSR count). The van der Waals surface area contributed by atoms with Crippen LogP contribution < -0.4 is 10.5 Å². The molecule has 24 heavy (non-hydrogen) atoms. The first kappa shape index (κ1) is 14.7.